The van der Waals surface area contributed by atoms with E-state index >= 15 is 4.39 Å². The molecule has 1 aromatic heterocycles. The number of aryl methyl sites for hydroxylation is 1. The highest BCUT2D eigenvalue weighted by atomic mass is 32.2. The van der Waals surface area contributed by atoms with Crippen LogP contribution in [0.3, 0.4) is 0 Å². The number of carbonyl (C=O) groups is 2. The zero-order valence-corrected chi connectivity index (χ0v) is 32.3. The van der Waals surface area contributed by atoms with Gasteiger partial charge in [-0.05, 0) is 61.9 Å². The number of thiazole rings is 1. The first-order chi connectivity index (χ1) is 26.8. The Balaban J connectivity index is 1.18. The number of rotatable bonds is 13. The van der Waals surface area contributed by atoms with Crippen molar-refractivity contribution in [3.8, 4) is 16.9 Å². The van der Waals surface area contributed by atoms with Gasteiger partial charge in [-0.25, -0.2) is 36.5 Å². The molecule has 0 bridgehead atoms. The van der Waals surface area contributed by atoms with Gasteiger partial charge in [0.1, 0.15) is 17.1 Å². The van der Waals surface area contributed by atoms with E-state index in [4.69, 9.17) is 15.2 Å². The monoisotopic (exact) mass is 833 g/mol. The summed E-state index contributed by atoms with van der Waals surface area (Å²) in [5.74, 6) is -9.69. The van der Waals surface area contributed by atoms with Gasteiger partial charge < -0.3 is 25.3 Å². The molecular weight excluding hydrogens is 798 g/mol. The molecule has 19 heteroatoms. The van der Waals surface area contributed by atoms with E-state index in [0.29, 0.717) is 5.01 Å². The molecule has 1 aliphatic heterocycles. The van der Waals surface area contributed by atoms with E-state index in [0.717, 1.165) is 33.6 Å². The molecule has 2 aliphatic rings. The van der Waals surface area contributed by atoms with Crippen LogP contribution in [0.2, 0.25) is 0 Å². The Hall–Kier alpha value is -5.56. The van der Waals surface area contributed by atoms with Gasteiger partial charge in [0.2, 0.25) is 11.8 Å². The van der Waals surface area contributed by atoms with Crippen molar-refractivity contribution in [2.45, 2.75) is 68.6 Å². The lowest BCUT2D eigenvalue weighted by Crippen LogP contribution is -2.38. The smallest absolute Gasteiger partial charge is 0.407 e. The molecule has 4 N–H and O–H groups in total. The number of ether oxygens (including phenoxy) is 3. The Labute approximate surface area is 328 Å². The van der Waals surface area contributed by atoms with Gasteiger partial charge in [-0.1, -0.05) is 55.1 Å². The minimum Gasteiger partial charge on any atom is -0.451 e. The number of alkyl carbamates (subject to hydrolysis) is 1. The molecule has 1 amide bonds. The summed E-state index contributed by atoms with van der Waals surface area (Å²) in [4.78, 5) is 33.4. The Morgan fingerprint density at radius 2 is 1.74 bits per heavy atom. The first kappa shape index (κ1) is 41.1. The van der Waals surface area contributed by atoms with Crippen LogP contribution < -0.4 is 20.5 Å². The number of nitrogens with one attached hydrogen (secondary N) is 2. The minimum atomic E-state index is -5.33. The fraction of sp³-hybridized carbons (Fsp3) is 0.316. The number of halogens is 5. The molecule has 4 aromatic rings. The minimum absolute atomic E-state index is 0.0170. The highest BCUT2D eigenvalue weighted by molar-refractivity contribution is 7.90. The lowest BCUT2D eigenvalue weighted by atomic mass is 9.98. The number of hydrogen-bond donors (Lipinski definition) is 3. The molecule has 3 aromatic carbocycles. The van der Waals surface area contributed by atoms with Crippen LogP contribution in [-0.4, -0.2) is 56.3 Å². The second kappa shape index (κ2) is 15.8. The number of esters is 1. The lowest BCUT2D eigenvalue weighted by Gasteiger charge is -2.22. The Bertz CT molecular complexity index is 2360. The van der Waals surface area contributed by atoms with E-state index < -0.39 is 85.9 Å². The highest BCUT2D eigenvalue weighted by Gasteiger charge is 2.47. The fourth-order valence-electron chi connectivity index (χ4n) is 6.48. The van der Waals surface area contributed by atoms with Crippen LogP contribution in [-0.2, 0) is 25.9 Å². The van der Waals surface area contributed by atoms with Gasteiger partial charge in [0.25, 0.3) is 10.0 Å². The van der Waals surface area contributed by atoms with Gasteiger partial charge in [-0.15, -0.1) is 11.3 Å². The number of sulfonamides is 1. The molecule has 0 saturated heterocycles. The summed E-state index contributed by atoms with van der Waals surface area (Å²) in [7, 11) is -5.33. The van der Waals surface area contributed by atoms with Crippen LogP contribution in [0.5, 0.6) is 5.75 Å². The lowest BCUT2D eigenvalue weighted by molar-refractivity contribution is -0.160. The van der Waals surface area contributed by atoms with Crippen molar-refractivity contribution in [2.75, 3.05) is 13.2 Å². The number of aliphatic imine (C=N–C) groups is 1. The standard InChI is InChI=1S/C38H36F5N5O7S2/c1-5-37(3,4)55-34(49)32-30(46-19(2)56-32)26(47-36(50)53-18-25-22-13-8-6-11-20(22)21-12-7-9-14-23(21)25)15-10-16-45-35(44)48-57(51,52)33-27(39)24-17-38(42,43)54-31(24)28(40)29(33)41/h5-9,11-14,25-26H,1,10,15-18H2,2-4H3,(H,47,50)(H3,44,45,48)/t26-/m0/s1. The van der Waals surface area contributed by atoms with Crippen LogP contribution in [0.25, 0.3) is 11.1 Å². The predicted molar refractivity (Wildman–Crippen MR) is 199 cm³/mol. The van der Waals surface area contributed by atoms with E-state index in [1.807, 2.05) is 48.5 Å². The van der Waals surface area contributed by atoms with Crippen LogP contribution in [0, 0.1) is 24.4 Å². The van der Waals surface area contributed by atoms with Crippen LogP contribution in [0.4, 0.5) is 26.7 Å². The van der Waals surface area contributed by atoms with Crippen molar-refractivity contribution in [3.05, 3.63) is 111 Å². The molecular formula is C38H36F5N5O7S2. The van der Waals surface area contributed by atoms with Gasteiger partial charge in [-0.3, -0.25) is 4.99 Å². The first-order valence-corrected chi connectivity index (χ1v) is 19.7. The van der Waals surface area contributed by atoms with Crippen LogP contribution in [0.15, 0.2) is 71.1 Å². The predicted octanol–water partition coefficient (Wildman–Crippen LogP) is 7.17. The number of guanidine groups is 1. The maximum atomic E-state index is 15.0. The largest absolute Gasteiger partial charge is 0.451 e. The maximum Gasteiger partial charge on any atom is 0.407 e. The molecule has 0 spiro atoms. The number of hydrogen-bond acceptors (Lipinski definition) is 10. The van der Waals surface area contributed by atoms with Gasteiger partial charge >= 0.3 is 18.2 Å². The molecule has 57 heavy (non-hydrogen) atoms. The molecule has 2 heterocycles. The molecule has 1 atom stereocenters. The fourth-order valence-corrected chi connectivity index (χ4v) is 8.47. The van der Waals surface area contributed by atoms with E-state index in [1.54, 1.807) is 25.5 Å². The zero-order valence-electron chi connectivity index (χ0n) is 30.6. The topological polar surface area (TPSA) is 171 Å². The third-order valence-electron chi connectivity index (χ3n) is 9.16. The van der Waals surface area contributed by atoms with Gasteiger partial charge in [0.05, 0.1) is 23.2 Å². The number of carbonyl (C=O) groups excluding carboxylic acids is 2. The van der Waals surface area contributed by atoms with E-state index in [2.05, 4.69) is 26.6 Å². The SMILES string of the molecule is C=CC(C)(C)OC(=O)c1sc(C)nc1[C@H](CCCN=C(N)NS(=O)(=O)c1c(F)c(F)c2c(c1F)CC(F)(F)O2)NC(=O)OCC1c2ccccc2-c2ccccc21. The normalized spacial score (nSPS) is 15.2. The van der Waals surface area contributed by atoms with Crippen molar-refractivity contribution in [1.29, 1.82) is 0 Å². The van der Waals surface area contributed by atoms with Crippen LogP contribution in [0.1, 0.15) is 75.7 Å². The molecule has 0 saturated carbocycles. The summed E-state index contributed by atoms with van der Waals surface area (Å²) in [5, 5.41) is 3.24. The van der Waals surface area contributed by atoms with Gasteiger partial charge in [-0.2, -0.15) is 13.2 Å². The number of nitrogens with two attached hydrogens (primary N) is 1. The Kier molecular flexibility index (Phi) is 11.4. The molecule has 12 nitrogen and oxygen atoms in total. The number of alkyl halides is 2. The van der Waals surface area contributed by atoms with Crippen molar-refractivity contribution in [1.82, 2.24) is 15.0 Å². The summed E-state index contributed by atoms with van der Waals surface area (Å²) in [6.07, 6.45) is -4.95. The maximum absolute atomic E-state index is 15.0. The third-order valence-corrected chi connectivity index (χ3v) is 11.5. The molecule has 0 radical (unpaired) electrons. The molecule has 0 fully saturated rings. The van der Waals surface area contributed by atoms with Crippen molar-refractivity contribution in [3.63, 3.8) is 0 Å². The zero-order chi connectivity index (χ0) is 41.4. The van der Waals surface area contributed by atoms with Crippen molar-refractivity contribution in [2.24, 2.45) is 10.7 Å². The number of aromatic nitrogens is 1. The number of benzene rings is 3. The Morgan fingerprint density at radius 1 is 1.11 bits per heavy atom. The first-order valence-electron chi connectivity index (χ1n) is 17.4. The van der Waals surface area contributed by atoms with Gasteiger partial charge in [0, 0.05) is 18.0 Å². The summed E-state index contributed by atoms with van der Waals surface area (Å²) >= 11 is 1.03. The second-order valence-corrected chi connectivity index (χ2v) is 16.5. The number of nitrogens with zero attached hydrogens (tertiary/aromatic N) is 2. The van der Waals surface area contributed by atoms with E-state index in [-0.39, 0.29) is 42.5 Å². The summed E-state index contributed by atoms with van der Waals surface area (Å²) in [6.45, 7) is 8.32. The molecule has 302 valence electrons. The van der Waals surface area contributed by atoms with Crippen LogP contribution >= 0.6 is 11.3 Å². The summed E-state index contributed by atoms with van der Waals surface area (Å²) < 4.78 is 114. The molecule has 0 unspecified atom stereocenters. The summed E-state index contributed by atoms with van der Waals surface area (Å²) in [6, 6.07) is 14.6. The number of amides is 1. The van der Waals surface area contributed by atoms with Crippen molar-refractivity contribution < 1.29 is 54.2 Å². The highest BCUT2D eigenvalue weighted by Crippen LogP contribution is 2.45. The Morgan fingerprint density at radius 3 is 2.37 bits per heavy atom. The second-order valence-electron chi connectivity index (χ2n) is 13.7. The quantitative estimate of drug-likeness (QED) is 0.0240. The summed E-state index contributed by atoms with van der Waals surface area (Å²) in [5.41, 5.74) is 7.69. The van der Waals surface area contributed by atoms with Crippen molar-refractivity contribution >= 4 is 39.4 Å². The van der Waals surface area contributed by atoms with E-state index in [1.165, 1.54) is 6.08 Å². The molecule has 1 aliphatic carbocycles. The average molecular weight is 834 g/mol. The van der Waals surface area contributed by atoms with E-state index in [9.17, 15) is 35.6 Å². The number of fused-ring (bicyclic) bond motifs is 4. The third kappa shape index (κ3) is 8.58. The molecule has 6 rings (SSSR count). The van der Waals surface area contributed by atoms with Gasteiger partial charge in [0.15, 0.2) is 22.3 Å². The average Bonchev–Trinajstić information content (AvgIpc) is 3.81.